The smallest absolute Gasteiger partial charge is 0.245 e. The van der Waals surface area contributed by atoms with Gasteiger partial charge in [0.1, 0.15) is 6.54 Å². The van der Waals surface area contributed by atoms with Crippen LogP contribution in [0.1, 0.15) is 6.92 Å². The first kappa shape index (κ1) is 19.6. The Bertz CT molecular complexity index is 856. The number of nitrogens with one attached hydrogen (secondary N) is 1. The number of carbonyl (C=O) groups is 1. The van der Waals surface area contributed by atoms with Crippen molar-refractivity contribution in [2.45, 2.75) is 11.8 Å². The maximum Gasteiger partial charge on any atom is 0.245 e. The summed E-state index contributed by atoms with van der Waals surface area (Å²) in [4.78, 5) is 13.4. The van der Waals surface area contributed by atoms with Gasteiger partial charge in [-0.3, -0.25) is 9.10 Å². The third-order valence-electron chi connectivity index (χ3n) is 3.24. The summed E-state index contributed by atoms with van der Waals surface area (Å²) in [6, 6.07) is 13.8. The lowest BCUT2D eigenvalue weighted by atomic mass is 10.3. The Morgan fingerprint density at radius 3 is 2.56 bits per heavy atom. The molecule has 0 fully saturated rings. The molecule has 0 spiro atoms. The molecule has 8 heteroatoms. The monoisotopic (exact) mass is 398 g/mol. The average molecular weight is 399 g/mol. The zero-order chi connectivity index (χ0) is 18.4. The Hall–Kier alpha value is -1.70. The van der Waals surface area contributed by atoms with Gasteiger partial charge < -0.3 is 5.32 Å². The van der Waals surface area contributed by atoms with Gasteiger partial charge in [-0.1, -0.05) is 36.7 Å². The van der Waals surface area contributed by atoms with E-state index in [9.17, 15) is 13.2 Å². The van der Waals surface area contributed by atoms with Gasteiger partial charge >= 0.3 is 0 Å². The molecule has 0 bridgehead atoms. The lowest BCUT2D eigenvalue weighted by Crippen LogP contribution is -2.37. The van der Waals surface area contributed by atoms with Crippen molar-refractivity contribution in [2.75, 3.05) is 28.2 Å². The summed E-state index contributed by atoms with van der Waals surface area (Å²) in [5.41, 5.74) is 1.01. The first-order valence-corrected chi connectivity index (χ1v) is 10.8. The highest BCUT2D eigenvalue weighted by Gasteiger charge is 2.21. The lowest BCUT2D eigenvalue weighted by molar-refractivity contribution is -0.114. The van der Waals surface area contributed by atoms with Crippen LogP contribution in [-0.2, 0) is 14.8 Å². The standard InChI is InChI=1S/C17H19ClN2O3S2/c1-3-24-16-10-5-4-9-15(16)19-17(21)12-20(25(2,22)23)14-8-6-7-13(18)11-14/h4-11H,3,12H2,1-2H3,(H,19,21). The maximum absolute atomic E-state index is 12.4. The van der Waals surface area contributed by atoms with Crippen LogP contribution in [-0.4, -0.2) is 32.9 Å². The molecule has 0 radical (unpaired) electrons. The second-order valence-corrected chi connectivity index (χ2v) is 8.88. The summed E-state index contributed by atoms with van der Waals surface area (Å²) in [6.07, 6.45) is 1.06. The molecule has 2 aromatic carbocycles. The van der Waals surface area contributed by atoms with Gasteiger partial charge in [-0.05, 0) is 36.1 Å². The molecule has 0 aliphatic rings. The molecule has 1 amide bonds. The summed E-state index contributed by atoms with van der Waals surface area (Å²) in [5.74, 6) is 0.444. The highest BCUT2D eigenvalue weighted by atomic mass is 35.5. The normalized spacial score (nSPS) is 11.2. The molecule has 2 rings (SSSR count). The number of thioether (sulfide) groups is 1. The van der Waals surface area contributed by atoms with E-state index < -0.39 is 15.9 Å². The van der Waals surface area contributed by atoms with E-state index in [-0.39, 0.29) is 6.54 Å². The van der Waals surface area contributed by atoms with Gasteiger partial charge in [0.2, 0.25) is 15.9 Å². The first-order chi connectivity index (χ1) is 11.8. The molecule has 0 aromatic heterocycles. The number of amides is 1. The Labute approximate surface area is 157 Å². The van der Waals surface area contributed by atoms with E-state index in [0.717, 1.165) is 21.2 Å². The molecule has 0 heterocycles. The topological polar surface area (TPSA) is 66.5 Å². The van der Waals surface area contributed by atoms with Gasteiger partial charge in [0.25, 0.3) is 0 Å². The predicted octanol–water partition coefficient (Wildman–Crippen LogP) is 3.86. The van der Waals surface area contributed by atoms with Crippen LogP contribution in [0.5, 0.6) is 0 Å². The van der Waals surface area contributed by atoms with E-state index in [1.54, 1.807) is 36.0 Å². The highest BCUT2D eigenvalue weighted by Crippen LogP contribution is 2.27. The molecule has 0 saturated carbocycles. The van der Waals surface area contributed by atoms with E-state index in [1.807, 2.05) is 25.1 Å². The number of nitrogens with zero attached hydrogens (tertiary/aromatic N) is 1. The van der Waals surface area contributed by atoms with E-state index in [2.05, 4.69) is 5.32 Å². The highest BCUT2D eigenvalue weighted by molar-refractivity contribution is 7.99. The summed E-state index contributed by atoms with van der Waals surface area (Å²) >= 11 is 7.54. The third kappa shape index (κ3) is 5.66. The van der Waals surface area contributed by atoms with Gasteiger partial charge in [0, 0.05) is 9.92 Å². The number of rotatable bonds is 7. The molecular weight excluding hydrogens is 380 g/mol. The second-order valence-electron chi connectivity index (χ2n) is 5.23. The molecule has 1 N–H and O–H groups in total. The van der Waals surface area contributed by atoms with Crippen molar-refractivity contribution in [3.63, 3.8) is 0 Å². The van der Waals surface area contributed by atoms with Gasteiger partial charge in [-0.15, -0.1) is 11.8 Å². The zero-order valence-corrected chi connectivity index (χ0v) is 16.3. The Balaban J connectivity index is 2.21. The number of benzene rings is 2. The fraction of sp³-hybridized carbons (Fsp3) is 0.235. The van der Waals surface area contributed by atoms with Crippen molar-refractivity contribution in [1.82, 2.24) is 0 Å². The number of anilines is 2. The molecule has 0 aliphatic carbocycles. The fourth-order valence-corrected chi connectivity index (χ4v) is 4.00. The van der Waals surface area contributed by atoms with Gasteiger partial charge in [0.05, 0.1) is 17.6 Å². The first-order valence-electron chi connectivity index (χ1n) is 7.56. The summed E-state index contributed by atoms with van der Waals surface area (Å²) in [5, 5.41) is 3.18. The van der Waals surface area contributed by atoms with Crippen molar-refractivity contribution in [1.29, 1.82) is 0 Å². The van der Waals surface area contributed by atoms with Crippen LogP contribution in [0.3, 0.4) is 0 Å². The number of hydrogen-bond acceptors (Lipinski definition) is 4. The van der Waals surface area contributed by atoms with Crippen molar-refractivity contribution in [3.05, 3.63) is 53.6 Å². The SMILES string of the molecule is CCSc1ccccc1NC(=O)CN(c1cccc(Cl)c1)S(C)(=O)=O. The maximum atomic E-state index is 12.4. The van der Waals surface area contributed by atoms with Gasteiger partial charge in [-0.2, -0.15) is 0 Å². The van der Waals surface area contributed by atoms with E-state index in [4.69, 9.17) is 11.6 Å². The minimum atomic E-state index is -3.63. The number of para-hydroxylation sites is 1. The molecule has 0 atom stereocenters. The number of hydrogen-bond donors (Lipinski definition) is 1. The molecule has 0 aliphatic heterocycles. The third-order valence-corrected chi connectivity index (χ3v) is 5.58. The van der Waals surface area contributed by atoms with Gasteiger partial charge in [0.15, 0.2) is 0 Å². The lowest BCUT2D eigenvalue weighted by Gasteiger charge is -2.22. The van der Waals surface area contributed by atoms with Crippen LogP contribution in [0.2, 0.25) is 5.02 Å². The van der Waals surface area contributed by atoms with Crippen molar-refractivity contribution < 1.29 is 13.2 Å². The summed E-state index contributed by atoms with van der Waals surface area (Å²) in [6.45, 7) is 1.69. The van der Waals surface area contributed by atoms with Crippen molar-refractivity contribution in [2.24, 2.45) is 0 Å². The molecule has 25 heavy (non-hydrogen) atoms. The van der Waals surface area contributed by atoms with Crippen molar-refractivity contribution in [3.8, 4) is 0 Å². The summed E-state index contributed by atoms with van der Waals surface area (Å²) in [7, 11) is -3.63. The minimum Gasteiger partial charge on any atom is -0.323 e. The van der Waals surface area contributed by atoms with Crippen LogP contribution in [0, 0.1) is 0 Å². The molecular formula is C17H19ClN2O3S2. The number of carbonyl (C=O) groups excluding carboxylic acids is 1. The summed E-state index contributed by atoms with van der Waals surface area (Å²) < 4.78 is 25.2. The van der Waals surface area contributed by atoms with Gasteiger partial charge in [-0.25, -0.2) is 8.42 Å². The number of halogens is 1. The van der Waals surface area contributed by atoms with Crippen LogP contribution >= 0.6 is 23.4 Å². The minimum absolute atomic E-state index is 0.329. The molecule has 5 nitrogen and oxygen atoms in total. The Morgan fingerprint density at radius 2 is 1.92 bits per heavy atom. The molecule has 134 valence electrons. The fourth-order valence-electron chi connectivity index (χ4n) is 2.20. The average Bonchev–Trinajstić information content (AvgIpc) is 2.53. The Morgan fingerprint density at radius 1 is 1.20 bits per heavy atom. The van der Waals surface area contributed by atoms with E-state index in [1.165, 1.54) is 6.07 Å². The Kier molecular flexibility index (Phi) is 6.75. The van der Waals surface area contributed by atoms with E-state index in [0.29, 0.717) is 16.4 Å². The zero-order valence-electron chi connectivity index (χ0n) is 13.9. The van der Waals surface area contributed by atoms with Crippen LogP contribution in [0.4, 0.5) is 11.4 Å². The molecule has 0 saturated heterocycles. The van der Waals surface area contributed by atoms with Crippen LogP contribution in [0.15, 0.2) is 53.4 Å². The van der Waals surface area contributed by atoms with Crippen molar-refractivity contribution >= 4 is 50.7 Å². The predicted molar refractivity (Wildman–Crippen MR) is 105 cm³/mol. The molecule has 2 aromatic rings. The second kappa shape index (κ2) is 8.60. The van der Waals surface area contributed by atoms with E-state index >= 15 is 0 Å². The van der Waals surface area contributed by atoms with Crippen LogP contribution in [0.25, 0.3) is 0 Å². The quantitative estimate of drug-likeness (QED) is 0.719. The van der Waals surface area contributed by atoms with Crippen LogP contribution < -0.4 is 9.62 Å². The molecule has 0 unspecified atom stereocenters. The largest absolute Gasteiger partial charge is 0.323 e. The number of sulfonamides is 1.